The second kappa shape index (κ2) is 12.4. The van der Waals surface area contributed by atoms with Gasteiger partial charge in [-0.15, -0.1) is 0 Å². The summed E-state index contributed by atoms with van der Waals surface area (Å²) >= 11 is 0. The zero-order valence-electron chi connectivity index (χ0n) is 21.6. The predicted octanol–water partition coefficient (Wildman–Crippen LogP) is 1.50. The number of amides is 2. The third-order valence-electron chi connectivity index (χ3n) is 8.40. The highest BCUT2D eigenvalue weighted by atomic mass is 16.6. The van der Waals surface area contributed by atoms with Crippen LogP contribution in [0.3, 0.4) is 0 Å². The monoisotopic (exact) mass is 510 g/mol. The van der Waals surface area contributed by atoms with Gasteiger partial charge in [0.2, 0.25) is 11.8 Å². The number of rotatable bonds is 2. The van der Waals surface area contributed by atoms with Gasteiger partial charge in [0.05, 0.1) is 26.1 Å². The van der Waals surface area contributed by atoms with Crippen LogP contribution in [-0.4, -0.2) is 70.5 Å². The molecule has 2 spiro atoms. The van der Waals surface area contributed by atoms with E-state index in [0.717, 1.165) is 51.4 Å². The van der Waals surface area contributed by atoms with Gasteiger partial charge in [0.1, 0.15) is 11.2 Å². The lowest BCUT2D eigenvalue weighted by molar-refractivity contribution is -0.179. The van der Waals surface area contributed by atoms with Gasteiger partial charge in [-0.05, 0) is 50.4 Å². The minimum absolute atomic E-state index is 0.160. The summed E-state index contributed by atoms with van der Waals surface area (Å²) in [6.45, 7) is 2.51. The molecule has 2 amide bonds. The first kappa shape index (κ1) is 28.4. The number of aliphatic hydroxyl groups excluding tert-OH is 2. The van der Waals surface area contributed by atoms with Crippen LogP contribution in [0, 0.1) is 11.8 Å². The molecule has 2 unspecified atom stereocenters. The fraction of sp³-hybridized carbons (Fsp3) is 0.846. The van der Waals surface area contributed by atoms with E-state index >= 15 is 0 Å². The molecule has 0 aromatic rings. The minimum atomic E-state index is -1.30. The third-order valence-corrected chi connectivity index (χ3v) is 8.40. The van der Waals surface area contributed by atoms with Crippen LogP contribution in [0.2, 0.25) is 0 Å². The Morgan fingerprint density at radius 2 is 1.08 bits per heavy atom. The van der Waals surface area contributed by atoms with Crippen molar-refractivity contribution < 1.29 is 38.9 Å². The summed E-state index contributed by atoms with van der Waals surface area (Å²) in [5.74, 6) is -2.96. The Morgan fingerprint density at radius 1 is 0.694 bits per heavy atom. The predicted molar refractivity (Wildman–Crippen MR) is 129 cm³/mol. The lowest BCUT2D eigenvalue weighted by Gasteiger charge is -2.40. The van der Waals surface area contributed by atoms with Crippen LogP contribution >= 0.6 is 0 Å². The molecule has 10 nitrogen and oxygen atoms in total. The van der Waals surface area contributed by atoms with Gasteiger partial charge in [0, 0.05) is 0 Å². The summed E-state index contributed by atoms with van der Waals surface area (Å²) in [5, 5.41) is 25.1. The van der Waals surface area contributed by atoms with Crippen LogP contribution < -0.4 is 10.6 Å². The van der Waals surface area contributed by atoms with E-state index in [1.54, 1.807) is 0 Å². The Balaban J connectivity index is 1.98. The second-order valence-electron chi connectivity index (χ2n) is 10.9. The summed E-state index contributed by atoms with van der Waals surface area (Å²) in [7, 11) is 0. The van der Waals surface area contributed by atoms with E-state index in [9.17, 15) is 29.4 Å². The third kappa shape index (κ3) is 6.56. The van der Waals surface area contributed by atoms with Crippen LogP contribution in [0.4, 0.5) is 0 Å². The molecule has 0 aromatic heterocycles. The number of esters is 2. The van der Waals surface area contributed by atoms with E-state index in [1.807, 2.05) is 13.8 Å². The first-order chi connectivity index (χ1) is 17.1. The molecule has 10 heteroatoms. The molecule has 1 saturated heterocycles. The number of nitrogens with one attached hydrogen (secondary N) is 2. The zero-order valence-corrected chi connectivity index (χ0v) is 21.6. The molecule has 4 N–H and O–H groups in total. The molecule has 1 heterocycles. The fourth-order valence-electron chi connectivity index (χ4n) is 5.96. The van der Waals surface area contributed by atoms with Gasteiger partial charge in [-0.1, -0.05) is 39.5 Å². The van der Waals surface area contributed by atoms with Crippen LogP contribution in [0.5, 0.6) is 0 Å². The fourth-order valence-corrected chi connectivity index (χ4v) is 5.96. The molecule has 6 atom stereocenters. The number of hydrogen-bond acceptors (Lipinski definition) is 8. The van der Waals surface area contributed by atoms with Gasteiger partial charge in [0.15, 0.2) is 12.1 Å². The summed E-state index contributed by atoms with van der Waals surface area (Å²) < 4.78 is 11.9. The molecule has 0 radical (unpaired) electrons. The first-order valence-electron chi connectivity index (χ1n) is 13.4. The molecule has 1 aliphatic heterocycles. The van der Waals surface area contributed by atoms with E-state index in [0.29, 0.717) is 12.8 Å². The van der Waals surface area contributed by atoms with Crippen LogP contribution in [0.25, 0.3) is 0 Å². The Hall–Kier alpha value is -2.20. The topological polar surface area (TPSA) is 151 Å². The summed E-state index contributed by atoms with van der Waals surface area (Å²) in [6, 6.07) is -2.59. The van der Waals surface area contributed by atoms with Crippen molar-refractivity contribution in [3.8, 4) is 0 Å². The summed E-state index contributed by atoms with van der Waals surface area (Å²) in [5.41, 5.74) is -2.30. The van der Waals surface area contributed by atoms with Crippen molar-refractivity contribution in [2.45, 2.75) is 114 Å². The van der Waals surface area contributed by atoms with Crippen LogP contribution in [0.1, 0.15) is 90.9 Å². The van der Waals surface area contributed by atoms with Crippen molar-refractivity contribution in [3.05, 3.63) is 0 Å². The highest BCUT2D eigenvalue weighted by molar-refractivity contribution is 5.88. The van der Waals surface area contributed by atoms with Gasteiger partial charge in [0.25, 0.3) is 0 Å². The zero-order chi connectivity index (χ0) is 26.3. The maximum atomic E-state index is 13.2. The van der Waals surface area contributed by atoms with Crippen molar-refractivity contribution in [1.82, 2.24) is 10.6 Å². The molecular weight excluding hydrogens is 468 g/mol. The number of carbonyl (C=O) groups excluding carboxylic acids is 4. The average Bonchev–Trinajstić information content (AvgIpc) is 3.11. The lowest BCUT2D eigenvalue weighted by Crippen LogP contribution is -2.56. The lowest BCUT2D eigenvalue weighted by atomic mass is 9.80. The van der Waals surface area contributed by atoms with Crippen LogP contribution in [0.15, 0.2) is 0 Å². The molecule has 2 aliphatic carbocycles. The maximum absolute atomic E-state index is 13.2. The molecule has 36 heavy (non-hydrogen) atoms. The molecule has 0 bridgehead atoms. The van der Waals surface area contributed by atoms with Crippen molar-refractivity contribution in [2.75, 3.05) is 13.2 Å². The van der Waals surface area contributed by atoms with E-state index in [1.165, 1.54) is 0 Å². The molecule has 0 aromatic carbocycles. The Bertz CT molecular complexity index is 754. The van der Waals surface area contributed by atoms with Crippen molar-refractivity contribution in [1.29, 1.82) is 0 Å². The van der Waals surface area contributed by atoms with Crippen molar-refractivity contribution >= 4 is 23.8 Å². The summed E-state index contributed by atoms with van der Waals surface area (Å²) in [6.07, 6.45) is 7.15. The number of carbonyl (C=O) groups is 4. The highest BCUT2D eigenvalue weighted by Gasteiger charge is 2.47. The maximum Gasteiger partial charge on any atom is 0.331 e. The smallest absolute Gasteiger partial charge is 0.331 e. The molecule has 3 fully saturated rings. The average molecular weight is 511 g/mol. The molecule has 2 saturated carbocycles. The standard InChI is InChI=1S/C26H42N2O8/c1-17-9-5-3-7-11-25(17)13-21(31)27-20(16-30)24(34)36-26(12-8-4-6-10-18(26)2)14-22(32)28-19(15-29)23(33)35-25/h17-20,29-30H,3-16H2,1-2H3,(H,27,31)(H,28,32)/t17?,18?,19-,20-,25+,26+/m0/s1. The second-order valence-corrected chi connectivity index (χ2v) is 10.9. The molecule has 204 valence electrons. The van der Waals surface area contributed by atoms with E-state index in [4.69, 9.17) is 9.47 Å². The molecular formula is C26H42N2O8. The number of hydrogen-bond donors (Lipinski definition) is 4. The quantitative estimate of drug-likeness (QED) is 0.408. The van der Waals surface area contributed by atoms with Gasteiger partial charge >= 0.3 is 11.9 Å². The van der Waals surface area contributed by atoms with E-state index in [-0.39, 0.29) is 24.7 Å². The van der Waals surface area contributed by atoms with Gasteiger partial charge in [-0.2, -0.15) is 0 Å². The van der Waals surface area contributed by atoms with Crippen molar-refractivity contribution in [2.24, 2.45) is 11.8 Å². The van der Waals surface area contributed by atoms with Gasteiger partial charge in [-0.3, -0.25) is 9.59 Å². The van der Waals surface area contributed by atoms with Crippen molar-refractivity contribution in [3.63, 3.8) is 0 Å². The molecule has 3 aliphatic rings. The van der Waals surface area contributed by atoms with E-state index < -0.39 is 60.3 Å². The molecule has 3 rings (SSSR count). The Labute approximate surface area is 212 Å². The van der Waals surface area contributed by atoms with Crippen LogP contribution in [-0.2, 0) is 28.7 Å². The summed E-state index contributed by atoms with van der Waals surface area (Å²) in [4.78, 5) is 52.7. The number of aliphatic hydroxyl groups is 2. The van der Waals surface area contributed by atoms with Gasteiger partial charge in [-0.25, -0.2) is 9.59 Å². The largest absolute Gasteiger partial charge is 0.457 e. The SMILES string of the molecule is CC1CCCCC[C@@]12CC(=O)N[C@@H](CO)C(=O)O[C@]1(CCCCCC1C)CC(=O)N[C@@H](CO)C(=O)O2. The first-order valence-corrected chi connectivity index (χ1v) is 13.4. The normalized spacial score (nSPS) is 37.7. The Kier molecular flexibility index (Phi) is 9.74. The van der Waals surface area contributed by atoms with E-state index in [2.05, 4.69) is 10.6 Å². The number of ether oxygens (including phenoxy) is 2. The van der Waals surface area contributed by atoms with Gasteiger partial charge < -0.3 is 30.3 Å². The minimum Gasteiger partial charge on any atom is -0.457 e. The highest BCUT2D eigenvalue weighted by Crippen LogP contribution is 2.40. The Morgan fingerprint density at radius 3 is 1.44 bits per heavy atom.